The molecule has 2 unspecified atom stereocenters. The fraction of sp³-hybridized carbons (Fsp3) is 0.476. The van der Waals surface area contributed by atoms with Gasteiger partial charge in [-0.25, -0.2) is 0 Å². The van der Waals surface area contributed by atoms with Crippen LogP contribution in [-0.2, 0) is 4.79 Å². The molecule has 0 bridgehead atoms. The predicted molar refractivity (Wildman–Crippen MR) is 107 cm³/mol. The van der Waals surface area contributed by atoms with Crippen molar-refractivity contribution < 1.29 is 4.79 Å². The number of likely N-dealkylation sites (N-methyl/N-ethyl adjacent to an activating group) is 1. The summed E-state index contributed by atoms with van der Waals surface area (Å²) in [6.45, 7) is 4.98. The highest BCUT2D eigenvalue weighted by atomic mass is 16.2. The zero-order chi connectivity index (χ0) is 18.5. The highest BCUT2D eigenvalue weighted by molar-refractivity contribution is 5.82. The Bertz CT molecular complexity index is 552. The van der Waals surface area contributed by atoms with Gasteiger partial charge in [0.2, 0.25) is 5.91 Å². The second-order valence-electron chi connectivity index (χ2n) is 6.08. The van der Waals surface area contributed by atoms with Crippen LogP contribution in [-0.4, -0.2) is 32.6 Å². The Morgan fingerprint density at radius 2 is 1.84 bits per heavy atom. The van der Waals surface area contributed by atoms with E-state index in [1.165, 1.54) is 0 Å². The van der Waals surface area contributed by atoms with Crippen molar-refractivity contribution in [2.45, 2.75) is 45.2 Å². The van der Waals surface area contributed by atoms with Crippen LogP contribution in [0.25, 0.3) is 0 Å². The number of carbonyl (C=O) groups excluding carboxylic acids is 1. The molecule has 3 N–H and O–H groups in total. The zero-order valence-corrected chi connectivity index (χ0v) is 16.0. The van der Waals surface area contributed by atoms with Crippen LogP contribution in [0.2, 0.25) is 0 Å². The van der Waals surface area contributed by atoms with Gasteiger partial charge < -0.3 is 16.0 Å². The van der Waals surface area contributed by atoms with Crippen molar-refractivity contribution in [2.24, 2.45) is 0 Å². The van der Waals surface area contributed by atoms with Gasteiger partial charge >= 0.3 is 0 Å². The molecule has 1 rings (SSSR count). The number of amides is 1. The third-order valence-electron chi connectivity index (χ3n) is 4.28. The Hall–Kier alpha value is -1.91. The van der Waals surface area contributed by atoms with Gasteiger partial charge in [-0.15, -0.1) is 0 Å². The van der Waals surface area contributed by atoms with Crippen LogP contribution in [0.15, 0.2) is 54.1 Å². The summed E-state index contributed by atoms with van der Waals surface area (Å²) < 4.78 is 0. The second-order valence-corrected chi connectivity index (χ2v) is 6.08. The first kappa shape index (κ1) is 21.1. The molecule has 0 aliphatic carbocycles. The highest BCUT2D eigenvalue weighted by Gasteiger charge is 2.22. The summed E-state index contributed by atoms with van der Waals surface area (Å²) in [5, 5.41) is 9.52. The van der Waals surface area contributed by atoms with E-state index in [0.29, 0.717) is 0 Å². The van der Waals surface area contributed by atoms with Gasteiger partial charge in [-0.1, -0.05) is 55.0 Å². The maximum atomic E-state index is 12.8. The fourth-order valence-electron chi connectivity index (χ4n) is 2.86. The van der Waals surface area contributed by atoms with Gasteiger partial charge in [0.15, 0.2) is 0 Å². The largest absolute Gasteiger partial charge is 0.344 e. The third kappa shape index (κ3) is 7.24. The molecular formula is C21H33N3O. The smallest absolute Gasteiger partial charge is 0.237 e. The molecule has 0 heterocycles. The molecule has 1 aromatic rings. The van der Waals surface area contributed by atoms with Crippen LogP contribution in [0, 0.1) is 0 Å². The van der Waals surface area contributed by atoms with E-state index >= 15 is 0 Å². The predicted octanol–water partition coefficient (Wildman–Crippen LogP) is 3.34. The number of unbranched alkanes of at least 4 members (excludes halogenated alkanes) is 1. The van der Waals surface area contributed by atoms with Crippen molar-refractivity contribution in [1.82, 2.24) is 16.0 Å². The molecule has 2 atom stereocenters. The van der Waals surface area contributed by atoms with Crippen molar-refractivity contribution >= 4 is 5.91 Å². The molecule has 0 saturated heterocycles. The quantitative estimate of drug-likeness (QED) is 0.427. The van der Waals surface area contributed by atoms with Crippen LogP contribution in [0.5, 0.6) is 0 Å². The Labute approximate surface area is 152 Å². The zero-order valence-electron chi connectivity index (χ0n) is 16.0. The maximum absolute atomic E-state index is 12.8. The lowest BCUT2D eigenvalue weighted by atomic mass is 9.97. The standard InChI is InChI=1S/C21H33N3O/c1-5-12-17(6-2)20(18-13-8-7-9-14-18)24-21(25)19(23-4)15-10-11-16-22-3/h5-9,12-14,19-20,22-23H,10-11,15-16H2,1-4H3,(H,24,25)/b12-5-,17-6+. The Kier molecular flexibility index (Phi) is 10.5. The number of hydrogen-bond donors (Lipinski definition) is 3. The molecule has 138 valence electrons. The SMILES string of the molecule is C/C=C\C(=C/C)C(NC(=O)C(CCCCNC)NC)c1ccccc1. The van der Waals surface area contributed by atoms with Crippen LogP contribution in [0.1, 0.15) is 44.7 Å². The van der Waals surface area contributed by atoms with Crippen LogP contribution < -0.4 is 16.0 Å². The summed E-state index contributed by atoms with van der Waals surface area (Å²) >= 11 is 0. The minimum Gasteiger partial charge on any atom is -0.344 e. The summed E-state index contributed by atoms with van der Waals surface area (Å²) in [7, 11) is 3.80. The number of carbonyl (C=O) groups is 1. The van der Waals surface area contributed by atoms with Crippen molar-refractivity contribution in [2.75, 3.05) is 20.6 Å². The van der Waals surface area contributed by atoms with E-state index in [-0.39, 0.29) is 18.0 Å². The molecule has 0 aliphatic rings. The van der Waals surface area contributed by atoms with Crippen molar-refractivity contribution in [3.63, 3.8) is 0 Å². The highest BCUT2D eigenvalue weighted by Crippen LogP contribution is 2.23. The minimum atomic E-state index is -0.174. The molecule has 4 nitrogen and oxygen atoms in total. The molecule has 25 heavy (non-hydrogen) atoms. The first-order chi connectivity index (χ1) is 12.2. The number of hydrogen-bond acceptors (Lipinski definition) is 3. The van der Waals surface area contributed by atoms with Crippen LogP contribution in [0.3, 0.4) is 0 Å². The topological polar surface area (TPSA) is 53.2 Å². The molecular weight excluding hydrogens is 310 g/mol. The molecule has 4 heteroatoms. The number of nitrogens with one attached hydrogen (secondary N) is 3. The summed E-state index contributed by atoms with van der Waals surface area (Å²) in [5.41, 5.74) is 2.18. The van der Waals surface area contributed by atoms with Gasteiger partial charge in [-0.05, 0) is 58.5 Å². The average molecular weight is 344 g/mol. The Morgan fingerprint density at radius 1 is 1.12 bits per heavy atom. The van der Waals surface area contributed by atoms with Crippen molar-refractivity contribution in [3.05, 3.63) is 59.7 Å². The van der Waals surface area contributed by atoms with Crippen LogP contribution >= 0.6 is 0 Å². The molecule has 1 amide bonds. The van der Waals surface area contributed by atoms with Crippen molar-refractivity contribution in [1.29, 1.82) is 0 Å². The maximum Gasteiger partial charge on any atom is 0.237 e. The average Bonchev–Trinajstić information content (AvgIpc) is 2.65. The first-order valence-corrected chi connectivity index (χ1v) is 9.14. The first-order valence-electron chi connectivity index (χ1n) is 9.14. The Morgan fingerprint density at radius 3 is 2.40 bits per heavy atom. The molecule has 0 fully saturated rings. The van der Waals surface area contributed by atoms with Gasteiger partial charge in [-0.3, -0.25) is 4.79 Å². The molecule has 0 radical (unpaired) electrons. The van der Waals surface area contributed by atoms with Gasteiger partial charge in [0.25, 0.3) is 0 Å². The van der Waals surface area contributed by atoms with Gasteiger partial charge in [0.05, 0.1) is 12.1 Å². The van der Waals surface area contributed by atoms with Gasteiger partial charge in [-0.2, -0.15) is 0 Å². The summed E-state index contributed by atoms with van der Waals surface area (Å²) in [6, 6.07) is 9.80. The van der Waals surface area contributed by atoms with Gasteiger partial charge in [0, 0.05) is 0 Å². The normalized spacial score (nSPS) is 14.5. The van der Waals surface area contributed by atoms with E-state index in [9.17, 15) is 4.79 Å². The molecule has 0 aliphatic heterocycles. The van der Waals surface area contributed by atoms with E-state index in [1.807, 2.05) is 52.2 Å². The summed E-state index contributed by atoms with van der Waals surface area (Å²) in [4.78, 5) is 12.8. The third-order valence-corrected chi connectivity index (χ3v) is 4.28. The van der Waals surface area contributed by atoms with E-state index in [1.54, 1.807) is 0 Å². The van der Waals surface area contributed by atoms with Gasteiger partial charge in [0.1, 0.15) is 0 Å². The second kappa shape index (κ2) is 12.5. The number of benzene rings is 1. The lowest BCUT2D eigenvalue weighted by molar-refractivity contribution is -0.123. The Balaban J connectivity index is 2.87. The monoisotopic (exact) mass is 343 g/mol. The summed E-state index contributed by atoms with van der Waals surface area (Å²) in [5.74, 6) is 0.0460. The molecule has 0 spiro atoms. The molecule has 1 aromatic carbocycles. The molecule has 0 saturated carbocycles. The van der Waals surface area contributed by atoms with E-state index < -0.39 is 0 Å². The number of allylic oxidation sites excluding steroid dienone is 2. The fourth-order valence-corrected chi connectivity index (χ4v) is 2.86. The lowest BCUT2D eigenvalue weighted by Gasteiger charge is -2.24. The number of rotatable bonds is 11. The minimum absolute atomic E-state index is 0.0460. The van der Waals surface area contributed by atoms with E-state index in [4.69, 9.17) is 0 Å². The lowest BCUT2D eigenvalue weighted by Crippen LogP contribution is -2.44. The van der Waals surface area contributed by atoms with Crippen LogP contribution in [0.4, 0.5) is 0 Å². The molecule has 0 aromatic heterocycles. The van der Waals surface area contributed by atoms with E-state index in [2.05, 4.69) is 40.2 Å². The summed E-state index contributed by atoms with van der Waals surface area (Å²) in [6.07, 6.45) is 9.04. The van der Waals surface area contributed by atoms with E-state index in [0.717, 1.165) is 36.9 Å². The van der Waals surface area contributed by atoms with Crippen molar-refractivity contribution in [3.8, 4) is 0 Å².